The Balaban J connectivity index is 3.67. The monoisotopic (exact) mass is 236 g/mol. The maximum atomic E-state index is 11.0. The summed E-state index contributed by atoms with van der Waals surface area (Å²) in [5.74, 6) is -0.164. The van der Waals surface area contributed by atoms with E-state index in [0.717, 1.165) is 0 Å². The first kappa shape index (κ1) is 13.9. The van der Waals surface area contributed by atoms with E-state index in [1.54, 1.807) is 6.92 Å². The van der Waals surface area contributed by atoms with Gasteiger partial charge >= 0.3 is 12.0 Å². The van der Waals surface area contributed by atoms with E-state index in [4.69, 9.17) is 5.11 Å². The fourth-order valence-corrected chi connectivity index (χ4v) is 1.35. The Kier molecular flexibility index (Phi) is 6.68. The van der Waals surface area contributed by atoms with Gasteiger partial charge in [0.05, 0.1) is 0 Å². The first-order valence-corrected chi connectivity index (χ1v) is 6.08. The molecule has 0 rings (SSSR count). The molecule has 0 aromatic heterocycles. The van der Waals surface area contributed by atoms with Crippen molar-refractivity contribution in [2.24, 2.45) is 0 Å². The molecular weight excluding hydrogens is 220 g/mol. The minimum absolute atomic E-state index is 0.276. The summed E-state index contributed by atoms with van der Waals surface area (Å²) < 4.78 is 11.0. The van der Waals surface area contributed by atoms with Gasteiger partial charge in [-0.2, -0.15) is 0 Å². The molecule has 0 bridgehead atoms. The maximum Gasteiger partial charge on any atom is 0.325 e. The molecule has 0 aliphatic carbocycles. The molecule has 88 valence electrons. The van der Waals surface area contributed by atoms with Crippen LogP contribution in [-0.4, -0.2) is 45.4 Å². The number of carboxylic acid groups (broad SMARTS) is 1. The molecule has 3 N–H and O–H groups in total. The summed E-state index contributed by atoms with van der Waals surface area (Å²) in [6.07, 6.45) is 0. The third-order valence-electron chi connectivity index (χ3n) is 1.66. The fourth-order valence-electron chi connectivity index (χ4n) is 0.732. The zero-order chi connectivity index (χ0) is 11.8. The van der Waals surface area contributed by atoms with E-state index in [1.807, 2.05) is 0 Å². The van der Waals surface area contributed by atoms with E-state index in [0.29, 0.717) is 11.5 Å². The number of hydrogen-bond donors (Lipinski definition) is 3. The molecule has 2 atom stereocenters. The van der Waals surface area contributed by atoms with Gasteiger partial charge in [-0.25, -0.2) is 4.79 Å². The highest BCUT2D eigenvalue weighted by atomic mass is 32.2. The largest absolute Gasteiger partial charge is 0.480 e. The van der Waals surface area contributed by atoms with Crippen LogP contribution in [0.4, 0.5) is 4.79 Å². The van der Waals surface area contributed by atoms with Crippen molar-refractivity contribution in [2.45, 2.75) is 19.9 Å². The Hall–Kier alpha value is -1.11. The SMILES string of the molecule is CCS(=O)CCNC(=O)N[C@H](C)C(=O)O. The molecule has 0 aliphatic heterocycles. The fraction of sp³-hybridized carbons (Fsp3) is 0.750. The van der Waals surface area contributed by atoms with Crippen LogP contribution in [0.1, 0.15) is 13.8 Å². The number of urea groups is 1. The van der Waals surface area contributed by atoms with Crippen LogP contribution in [0.25, 0.3) is 0 Å². The molecule has 0 saturated heterocycles. The van der Waals surface area contributed by atoms with Crippen molar-refractivity contribution in [1.82, 2.24) is 10.6 Å². The van der Waals surface area contributed by atoms with Crippen molar-refractivity contribution < 1.29 is 18.9 Å². The molecular formula is C8H16N2O4S. The summed E-state index contributed by atoms with van der Waals surface area (Å²) in [7, 11) is -0.924. The van der Waals surface area contributed by atoms with Crippen LogP contribution in [0, 0.1) is 0 Å². The highest BCUT2D eigenvalue weighted by Gasteiger charge is 2.12. The van der Waals surface area contributed by atoms with E-state index >= 15 is 0 Å². The van der Waals surface area contributed by atoms with Crippen LogP contribution in [0.3, 0.4) is 0 Å². The topological polar surface area (TPSA) is 95.5 Å². The second kappa shape index (κ2) is 7.22. The predicted molar refractivity (Wildman–Crippen MR) is 57.2 cm³/mol. The number of carbonyl (C=O) groups is 2. The van der Waals surface area contributed by atoms with Crippen LogP contribution in [0.2, 0.25) is 0 Å². The molecule has 15 heavy (non-hydrogen) atoms. The maximum absolute atomic E-state index is 11.0. The number of aliphatic carboxylic acids is 1. The molecule has 0 heterocycles. The van der Waals surface area contributed by atoms with Gasteiger partial charge in [0.15, 0.2) is 0 Å². The molecule has 0 aromatic rings. The van der Waals surface area contributed by atoms with Gasteiger partial charge in [0.1, 0.15) is 6.04 Å². The minimum atomic E-state index is -1.10. The molecule has 7 heteroatoms. The second-order valence-electron chi connectivity index (χ2n) is 2.89. The van der Waals surface area contributed by atoms with Gasteiger partial charge < -0.3 is 15.7 Å². The molecule has 0 fully saturated rings. The number of rotatable bonds is 6. The third-order valence-corrected chi connectivity index (χ3v) is 2.96. The van der Waals surface area contributed by atoms with Crippen LogP contribution in [0.5, 0.6) is 0 Å². The number of carboxylic acids is 1. The molecule has 0 saturated carbocycles. The Morgan fingerprint density at radius 3 is 2.53 bits per heavy atom. The minimum Gasteiger partial charge on any atom is -0.480 e. The van der Waals surface area contributed by atoms with Gasteiger partial charge in [-0.1, -0.05) is 6.92 Å². The lowest BCUT2D eigenvalue weighted by Crippen LogP contribution is -2.45. The summed E-state index contributed by atoms with van der Waals surface area (Å²) >= 11 is 0. The zero-order valence-electron chi connectivity index (χ0n) is 8.78. The Bertz CT molecular complexity index is 257. The Morgan fingerprint density at radius 2 is 2.07 bits per heavy atom. The highest BCUT2D eigenvalue weighted by molar-refractivity contribution is 7.84. The first-order chi connectivity index (χ1) is 6.97. The van der Waals surface area contributed by atoms with Crippen molar-refractivity contribution in [3.63, 3.8) is 0 Å². The van der Waals surface area contributed by atoms with Gasteiger partial charge in [-0.05, 0) is 6.92 Å². The Labute approximate surface area is 90.9 Å². The van der Waals surface area contributed by atoms with Gasteiger partial charge in [0.2, 0.25) is 0 Å². The van der Waals surface area contributed by atoms with Gasteiger partial charge in [0, 0.05) is 28.9 Å². The summed E-state index contributed by atoms with van der Waals surface area (Å²) in [6, 6.07) is -1.49. The van der Waals surface area contributed by atoms with Crippen LogP contribution >= 0.6 is 0 Å². The lowest BCUT2D eigenvalue weighted by molar-refractivity contribution is -0.138. The average Bonchev–Trinajstić information content (AvgIpc) is 2.17. The summed E-state index contributed by atoms with van der Waals surface area (Å²) in [5.41, 5.74) is 0. The summed E-state index contributed by atoms with van der Waals surface area (Å²) in [5, 5.41) is 13.1. The van der Waals surface area contributed by atoms with E-state index in [2.05, 4.69) is 10.6 Å². The van der Waals surface area contributed by atoms with E-state index in [9.17, 15) is 13.8 Å². The molecule has 6 nitrogen and oxygen atoms in total. The van der Waals surface area contributed by atoms with Gasteiger partial charge in [-0.3, -0.25) is 9.00 Å². The van der Waals surface area contributed by atoms with Crippen LogP contribution < -0.4 is 10.6 Å². The normalized spacial score (nSPS) is 14.0. The number of hydrogen-bond acceptors (Lipinski definition) is 3. The van der Waals surface area contributed by atoms with Gasteiger partial charge in [0.25, 0.3) is 0 Å². The lowest BCUT2D eigenvalue weighted by Gasteiger charge is -2.10. The third kappa shape index (κ3) is 6.89. The summed E-state index contributed by atoms with van der Waals surface area (Å²) in [4.78, 5) is 21.4. The first-order valence-electron chi connectivity index (χ1n) is 4.59. The molecule has 0 spiro atoms. The van der Waals surface area contributed by atoms with E-state index in [-0.39, 0.29) is 6.54 Å². The van der Waals surface area contributed by atoms with Gasteiger partial charge in [-0.15, -0.1) is 0 Å². The second-order valence-corrected chi connectivity index (χ2v) is 4.76. The smallest absolute Gasteiger partial charge is 0.325 e. The number of carbonyl (C=O) groups excluding carboxylic acids is 1. The quantitative estimate of drug-likeness (QED) is 0.581. The summed E-state index contributed by atoms with van der Waals surface area (Å²) in [6.45, 7) is 3.44. The number of nitrogens with one attached hydrogen (secondary N) is 2. The van der Waals surface area contributed by atoms with Crippen LogP contribution in [0.15, 0.2) is 0 Å². The molecule has 2 amide bonds. The Morgan fingerprint density at radius 1 is 1.47 bits per heavy atom. The van der Waals surface area contributed by atoms with E-state index in [1.165, 1.54) is 6.92 Å². The van der Waals surface area contributed by atoms with Crippen molar-refractivity contribution in [3.8, 4) is 0 Å². The van der Waals surface area contributed by atoms with Crippen molar-refractivity contribution in [3.05, 3.63) is 0 Å². The average molecular weight is 236 g/mol. The lowest BCUT2D eigenvalue weighted by atomic mass is 10.3. The molecule has 0 aliphatic rings. The zero-order valence-corrected chi connectivity index (χ0v) is 9.60. The van der Waals surface area contributed by atoms with Crippen LogP contribution in [-0.2, 0) is 15.6 Å². The van der Waals surface area contributed by atoms with Crippen molar-refractivity contribution in [2.75, 3.05) is 18.1 Å². The number of amides is 2. The van der Waals surface area contributed by atoms with Crippen molar-refractivity contribution in [1.29, 1.82) is 0 Å². The van der Waals surface area contributed by atoms with E-state index < -0.39 is 28.8 Å². The highest BCUT2D eigenvalue weighted by Crippen LogP contribution is 1.82. The van der Waals surface area contributed by atoms with Crippen molar-refractivity contribution >= 4 is 22.8 Å². The molecule has 1 unspecified atom stereocenters. The standard InChI is InChI=1S/C8H16N2O4S/c1-3-15(14)5-4-9-8(13)10-6(2)7(11)12/h6H,3-5H2,1-2H3,(H,11,12)(H2,9,10,13)/t6-,15?/m1/s1. The molecule has 0 aromatic carbocycles. The predicted octanol–water partition coefficient (Wildman–Crippen LogP) is -0.473. The molecule has 0 radical (unpaired) electrons.